The van der Waals surface area contributed by atoms with E-state index in [9.17, 15) is 0 Å². The van der Waals surface area contributed by atoms with Crippen molar-refractivity contribution in [1.29, 1.82) is 0 Å². The lowest BCUT2D eigenvalue weighted by atomic mass is 10.2. The lowest BCUT2D eigenvalue weighted by molar-refractivity contribution is 0.687. The molecule has 1 saturated carbocycles. The number of hydrogen-bond acceptors (Lipinski definition) is 1. The van der Waals surface area contributed by atoms with E-state index in [0.717, 1.165) is 18.7 Å². The standard InChI is InChI=1S/C19H18Cl2N2/c20-15-6-5-13(18(21)9-15)11-23-12-14(10-22-16-7-8-16)17-3-1-2-4-19(17)23/h1-6,9,12,16,22H,7-8,10-11H2. The quantitative estimate of drug-likeness (QED) is 0.668. The smallest absolute Gasteiger partial charge is 0.0491 e. The molecule has 0 saturated heterocycles. The zero-order valence-electron chi connectivity index (χ0n) is 12.7. The first-order chi connectivity index (χ1) is 11.2. The van der Waals surface area contributed by atoms with Crippen LogP contribution < -0.4 is 5.32 Å². The van der Waals surface area contributed by atoms with E-state index in [-0.39, 0.29) is 0 Å². The molecule has 1 aliphatic carbocycles. The third-order valence-electron chi connectivity index (χ3n) is 4.39. The monoisotopic (exact) mass is 344 g/mol. The van der Waals surface area contributed by atoms with E-state index in [1.165, 1.54) is 29.3 Å². The average molecular weight is 345 g/mol. The number of nitrogens with one attached hydrogen (secondary N) is 1. The van der Waals surface area contributed by atoms with Crippen molar-refractivity contribution in [2.45, 2.75) is 32.0 Å². The summed E-state index contributed by atoms with van der Waals surface area (Å²) < 4.78 is 2.27. The molecule has 0 amide bonds. The van der Waals surface area contributed by atoms with E-state index in [4.69, 9.17) is 23.2 Å². The Kier molecular flexibility index (Phi) is 4.06. The summed E-state index contributed by atoms with van der Waals surface area (Å²) in [4.78, 5) is 0. The minimum Gasteiger partial charge on any atom is -0.343 e. The summed E-state index contributed by atoms with van der Waals surface area (Å²) in [5.74, 6) is 0. The molecule has 0 bridgehead atoms. The Morgan fingerprint density at radius 2 is 1.87 bits per heavy atom. The average Bonchev–Trinajstić information content (AvgIpc) is 3.31. The van der Waals surface area contributed by atoms with Gasteiger partial charge in [-0.3, -0.25) is 0 Å². The maximum atomic E-state index is 6.34. The first-order valence-electron chi connectivity index (χ1n) is 7.95. The molecule has 0 unspecified atom stereocenters. The molecule has 1 heterocycles. The molecule has 4 heteroatoms. The Morgan fingerprint density at radius 1 is 1.04 bits per heavy atom. The maximum absolute atomic E-state index is 6.34. The number of halogens is 2. The Balaban J connectivity index is 1.68. The molecule has 118 valence electrons. The number of hydrogen-bond donors (Lipinski definition) is 1. The molecular formula is C19H18Cl2N2. The Morgan fingerprint density at radius 3 is 2.65 bits per heavy atom. The van der Waals surface area contributed by atoms with Gasteiger partial charge in [-0.2, -0.15) is 0 Å². The Bertz CT molecular complexity index is 850. The molecule has 0 radical (unpaired) electrons. The second-order valence-corrected chi connectivity index (χ2v) is 7.03. The fourth-order valence-corrected chi connectivity index (χ4v) is 3.44. The van der Waals surface area contributed by atoms with Crippen LogP contribution in [0.15, 0.2) is 48.7 Å². The van der Waals surface area contributed by atoms with Gasteiger partial charge in [0.15, 0.2) is 0 Å². The first-order valence-corrected chi connectivity index (χ1v) is 8.70. The lowest BCUT2D eigenvalue weighted by Crippen LogP contribution is -2.14. The molecule has 1 aliphatic rings. The highest BCUT2D eigenvalue weighted by atomic mass is 35.5. The van der Waals surface area contributed by atoms with Crippen LogP contribution in [0.1, 0.15) is 24.0 Å². The van der Waals surface area contributed by atoms with Crippen LogP contribution in [-0.2, 0) is 13.1 Å². The van der Waals surface area contributed by atoms with Gasteiger partial charge in [-0.1, -0.05) is 47.5 Å². The van der Waals surface area contributed by atoms with Gasteiger partial charge < -0.3 is 9.88 Å². The zero-order chi connectivity index (χ0) is 15.8. The van der Waals surface area contributed by atoms with Crippen LogP contribution in [0.5, 0.6) is 0 Å². The normalized spacial score (nSPS) is 14.5. The van der Waals surface area contributed by atoms with Crippen molar-refractivity contribution in [3.05, 3.63) is 69.8 Å². The summed E-state index contributed by atoms with van der Waals surface area (Å²) in [6, 6.07) is 15.0. The van der Waals surface area contributed by atoms with E-state index in [1.807, 2.05) is 12.1 Å². The minimum absolute atomic E-state index is 0.672. The van der Waals surface area contributed by atoms with Gasteiger partial charge in [-0.25, -0.2) is 0 Å². The number of rotatable bonds is 5. The van der Waals surface area contributed by atoms with Crippen LogP contribution in [-0.4, -0.2) is 10.6 Å². The third-order valence-corrected chi connectivity index (χ3v) is 4.97. The van der Waals surface area contributed by atoms with Crippen molar-refractivity contribution < 1.29 is 0 Å². The molecule has 2 aromatic carbocycles. The van der Waals surface area contributed by atoms with E-state index in [0.29, 0.717) is 16.1 Å². The predicted molar refractivity (Wildman–Crippen MR) is 97.4 cm³/mol. The second-order valence-electron chi connectivity index (χ2n) is 6.19. The topological polar surface area (TPSA) is 17.0 Å². The molecule has 1 aromatic heterocycles. The van der Waals surface area contributed by atoms with E-state index < -0.39 is 0 Å². The summed E-state index contributed by atoms with van der Waals surface area (Å²) in [5.41, 5.74) is 3.67. The van der Waals surface area contributed by atoms with Gasteiger partial charge in [-0.15, -0.1) is 0 Å². The third kappa shape index (κ3) is 3.25. The number of benzene rings is 2. The van der Waals surface area contributed by atoms with Crippen molar-refractivity contribution in [2.24, 2.45) is 0 Å². The molecule has 0 aliphatic heterocycles. The maximum Gasteiger partial charge on any atom is 0.0491 e. The van der Waals surface area contributed by atoms with Crippen molar-refractivity contribution >= 4 is 34.1 Å². The number of aromatic nitrogens is 1. The number of fused-ring (bicyclic) bond motifs is 1. The fraction of sp³-hybridized carbons (Fsp3) is 0.263. The Labute approximate surface area is 146 Å². The highest BCUT2D eigenvalue weighted by Gasteiger charge is 2.20. The van der Waals surface area contributed by atoms with Gasteiger partial charge in [0.1, 0.15) is 0 Å². The minimum atomic E-state index is 0.672. The summed E-state index contributed by atoms with van der Waals surface area (Å²) >= 11 is 12.3. The van der Waals surface area contributed by atoms with Crippen LogP contribution in [0, 0.1) is 0 Å². The van der Waals surface area contributed by atoms with Crippen LogP contribution in [0.3, 0.4) is 0 Å². The predicted octanol–water partition coefficient (Wildman–Crippen LogP) is 5.25. The SMILES string of the molecule is Clc1ccc(Cn2cc(CNC3CC3)c3ccccc32)c(Cl)c1. The second kappa shape index (κ2) is 6.20. The first kappa shape index (κ1) is 15.1. The van der Waals surface area contributed by atoms with Crippen LogP contribution >= 0.6 is 23.2 Å². The highest BCUT2D eigenvalue weighted by Crippen LogP contribution is 2.27. The molecule has 3 aromatic rings. The van der Waals surface area contributed by atoms with E-state index >= 15 is 0 Å². The Hall–Kier alpha value is -1.48. The largest absolute Gasteiger partial charge is 0.343 e. The van der Waals surface area contributed by atoms with E-state index in [1.54, 1.807) is 6.07 Å². The van der Waals surface area contributed by atoms with Gasteiger partial charge >= 0.3 is 0 Å². The van der Waals surface area contributed by atoms with Crippen molar-refractivity contribution in [3.63, 3.8) is 0 Å². The summed E-state index contributed by atoms with van der Waals surface area (Å²) in [6.45, 7) is 1.67. The molecular weight excluding hydrogens is 327 g/mol. The zero-order valence-corrected chi connectivity index (χ0v) is 14.2. The highest BCUT2D eigenvalue weighted by molar-refractivity contribution is 6.35. The molecule has 2 nitrogen and oxygen atoms in total. The van der Waals surface area contributed by atoms with Gasteiger partial charge in [0.2, 0.25) is 0 Å². The lowest BCUT2D eigenvalue weighted by Gasteiger charge is -2.08. The van der Waals surface area contributed by atoms with Crippen molar-refractivity contribution in [2.75, 3.05) is 0 Å². The molecule has 4 rings (SSSR count). The van der Waals surface area contributed by atoms with Gasteiger partial charge in [0.25, 0.3) is 0 Å². The van der Waals surface area contributed by atoms with Crippen LogP contribution in [0.2, 0.25) is 10.0 Å². The van der Waals surface area contributed by atoms with Gasteiger partial charge in [-0.05, 0) is 42.2 Å². The van der Waals surface area contributed by atoms with E-state index in [2.05, 4.69) is 40.3 Å². The molecule has 1 N–H and O–H groups in total. The molecule has 0 spiro atoms. The molecule has 0 atom stereocenters. The number of nitrogens with zero attached hydrogens (tertiary/aromatic N) is 1. The molecule has 23 heavy (non-hydrogen) atoms. The summed E-state index contributed by atoms with van der Waals surface area (Å²) in [7, 11) is 0. The van der Waals surface area contributed by atoms with Crippen LogP contribution in [0.25, 0.3) is 10.9 Å². The van der Waals surface area contributed by atoms with Crippen molar-refractivity contribution in [1.82, 2.24) is 9.88 Å². The summed E-state index contributed by atoms with van der Waals surface area (Å²) in [5, 5.41) is 6.30. The van der Waals surface area contributed by atoms with Gasteiger partial charge in [0.05, 0.1) is 0 Å². The van der Waals surface area contributed by atoms with Crippen LogP contribution in [0.4, 0.5) is 0 Å². The number of para-hydroxylation sites is 1. The summed E-state index contributed by atoms with van der Waals surface area (Å²) in [6.07, 6.45) is 4.85. The fourth-order valence-electron chi connectivity index (χ4n) is 2.97. The van der Waals surface area contributed by atoms with Gasteiger partial charge in [0, 0.05) is 46.3 Å². The van der Waals surface area contributed by atoms with Crippen molar-refractivity contribution in [3.8, 4) is 0 Å². The molecule has 1 fully saturated rings.